The van der Waals surface area contributed by atoms with Gasteiger partial charge in [-0.1, -0.05) is 84.0 Å². The van der Waals surface area contributed by atoms with Crippen molar-refractivity contribution < 1.29 is 9.53 Å². The van der Waals surface area contributed by atoms with Crippen molar-refractivity contribution in [2.45, 2.75) is 51.1 Å². The predicted molar refractivity (Wildman–Crippen MR) is 159 cm³/mol. The van der Waals surface area contributed by atoms with Crippen LogP contribution in [0.15, 0.2) is 69.0 Å². The standard InChI is InChI=1S/C29H27BrN4O3S2/c1-17(2)23-14-21-24(15-37-23)39-27-25(21)26(36)33(13-12-18-6-4-3-5-7-18)28-31-32-29(34(27)28)38-16-22(35)19-8-10-20(30)11-9-19/h3-11,17,23H,12-16H2,1-2H3. The lowest BCUT2D eigenvalue weighted by atomic mass is 9.96. The monoisotopic (exact) mass is 622 g/mol. The van der Waals surface area contributed by atoms with Crippen molar-refractivity contribution in [2.24, 2.45) is 5.92 Å². The number of carbonyl (C=O) groups excluding carboxylic acids is 1. The summed E-state index contributed by atoms with van der Waals surface area (Å²) in [5.41, 5.74) is 2.84. The molecule has 1 atom stereocenters. The van der Waals surface area contributed by atoms with Crippen molar-refractivity contribution in [1.29, 1.82) is 0 Å². The first-order chi connectivity index (χ1) is 18.9. The Balaban J connectivity index is 1.44. The Morgan fingerprint density at radius 3 is 2.67 bits per heavy atom. The van der Waals surface area contributed by atoms with Crippen LogP contribution in [0, 0.1) is 5.92 Å². The molecular weight excluding hydrogens is 596 g/mol. The van der Waals surface area contributed by atoms with Crippen LogP contribution in [-0.4, -0.2) is 36.8 Å². The molecule has 0 saturated carbocycles. The van der Waals surface area contributed by atoms with E-state index in [1.54, 1.807) is 15.9 Å². The van der Waals surface area contributed by atoms with Gasteiger partial charge < -0.3 is 4.74 Å². The van der Waals surface area contributed by atoms with Gasteiger partial charge in [0.15, 0.2) is 10.9 Å². The zero-order chi connectivity index (χ0) is 27.1. The molecule has 0 N–H and O–H groups in total. The minimum atomic E-state index is -0.0368. The first-order valence-electron chi connectivity index (χ1n) is 12.9. The van der Waals surface area contributed by atoms with Gasteiger partial charge in [0.25, 0.3) is 5.56 Å². The fourth-order valence-corrected chi connectivity index (χ4v) is 7.34. The minimum Gasteiger partial charge on any atom is -0.372 e. The number of Topliss-reactive ketones (excluding diaryl/α,β-unsaturated/α-hetero) is 1. The second-order valence-electron chi connectivity index (χ2n) is 10.0. The Labute approximate surface area is 242 Å². The fraction of sp³-hybridized carbons (Fsp3) is 0.310. The van der Waals surface area contributed by atoms with E-state index in [1.165, 1.54) is 11.8 Å². The number of thioether (sulfide) groups is 1. The normalized spacial score (nSPS) is 15.3. The number of ketones is 1. The molecule has 3 aromatic heterocycles. The number of halogens is 1. The maximum absolute atomic E-state index is 14.0. The first-order valence-corrected chi connectivity index (χ1v) is 15.5. The van der Waals surface area contributed by atoms with Crippen molar-refractivity contribution in [3.8, 4) is 0 Å². The molecule has 5 aromatic rings. The number of hydrogen-bond donors (Lipinski definition) is 0. The van der Waals surface area contributed by atoms with E-state index in [2.05, 4.69) is 52.1 Å². The van der Waals surface area contributed by atoms with Crippen molar-refractivity contribution in [2.75, 3.05) is 5.75 Å². The quantitative estimate of drug-likeness (QED) is 0.152. The van der Waals surface area contributed by atoms with Crippen molar-refractivity contribution in [3.05, 3.63) is 91.0 Å². The summed E-state index contributed by atoms with van der Waals surface area (Å²) in [7, 11) is 0. The summed E-state index contributed by atoms with van der Waals surface area (Å²) in [5, 5.41) is 10.3. The first kappa shape index (κ1) is 26.4. The maximum atomic E-state index is 14.0. The van der Waals surface area contributed by atoms with E-state index in [1.807, 2.05) is 46.9 Å². The summed E-state index contributed by atoms with van der Waals surface area (Å²) in [6.45, 7) is 5.28. The number of nitrogens with zero attached hydrogens (tertiary/aromatic N) is 4. The number of thiophene rings is 1. The molecule has 0 fully saturated rings. The third-order valence-electron chi connectivity index (χ3n) is 7.13. The topological polar surface area (TPSA) is 78.5 Å². The Kier molecular flexibility index (Phi) is 7.45. The van der Waals surface area contributed by atoms with Crippen LogP contribution >= 0.6 is 39.0 Å². The van der Waals surface area contributed by atoms with Gasteiger partial charge in [-0.25, -0.2) is 4.40 Å². The van der Waals surface area contributed by atoms with E-state index in [0.717, 1.165) is 30.7 Å². The van der Waals surface area contributed by atoms with E-state index < -0.39 is 0 Å². The molecule has 39 heavy (non-hydrogen) atoms. The number of aryl methyl sites for hydroxylation is 2. The highest BCUT2D eigenvalue weighted by molar-refractivity contribution is 9.10. The van der Waals surface area contributed by atoms with Crippen molar-refractivity contribution >= 4 is 60.8 Å². The zero-order valence-corrected chi connectivity index (χ0v) is 24.8. The Hall–Kier alpha value is -2.79. The maximum Gasteiger partial charge on any atom is 0.263 e. The number of hydrogen-bond acceptors (Lipinski definition) is 7. The Morgan fingerprint density at radius 1 is 1.15 bits per heavy atom. The summed E-state index contributed by atoms with van der Waals surface area (Å²) < 4.78 is 10.8. The molecule has 1 unspecified atom stereocenters. The molecule has 200 valence electrons. The summed E-state index contributed by atoms with van der Waals surface area (Å²) in [4.78, 5) is 28.9. The third kappa shape index (κ3) is 5.11. The molecule has 10 heteroatoms. The van der Waals surface area contributed by atoms with Gasteiger partial charge in [0, 0.05) is 27.9 Å². The summed E-state index contributed by atoms with van der Waals surface area (Å²) in [6.07, 6.45) is 1.48. The minimum absolute atomic E-state index is 0.0107. The summed E-state index contributed by atoms with van der Waals surface area (Å²) in [6, 6.07) is 17.5. The Bertz CT molecular complexity index is 1730. The van der Waals surface area contributed by atoms with E-state index >= 15 is 0 Å². The van der Waals surface area contributed by atoms with Crippen LogP contribution in [0.25, 0.3) is 16.0 Å². The molecule has 2 aromatic carbocycles. The lowest BCUT2D eigenvalue weighted by Gasteiger charge is -2.26. The van der Waals surface area contributed by atoms with Crippen molar-refractivity contribution in [1.82, 2.24) is 19.2 Å². The van der Waals surface area contributed by atoms with Gasteiger partial charge in [0.2, 0.25) is 5.78 Å². The molecular formula is C29H27BrN4O3S2. The largest absolute Gasteiger partial charge is 0.372 e. The molecule has 0 amide bonds. The molecule has 0 radical (unpaired) electrons. The van der Waals surface area contributed by atoms with E-state index in [9.17, 15) is 9.59 Å². The van der Waals surface area contributed by atoms with Crippen LogP contribution in [0.4, 0.5) is 0 Å². The highest BCUT2D eigenvalue weighted by atomic mass is 79.9. The molecule has 0 bridgehead atoms. The second-order valence-corrected chi connectivity index (χ2v) is 13.0. The molecule has 4 heterocycles. The summed E-state index contributed by atoms with van der Waals surface area (Å²) in [5.74, 6) is 1.08. The average Bonchev–Trinajstić information content (AvgIpc) is 3.54. The number of carbonyl (C=O) groups is 1. The molecule has 0 aliphatic carbocycles. The van der Waals surface area contributed by atoms with E-state index in [0.29, 0.717) is 48.4 Å². The van der Waals surface area contributed by atoms with Crippen LogP contribution in [0.5, 0.6) is 0 Å². The number of benzene rings is 2. The third-order valence-corrected chi connectivity index (χ3v) is 9.78. The number of ether oxygens (including phenoxy) is 1. The number of fused-ring (bicyclic) bond motifs is 5. The average molecular weight is 624 g/mol. The highest BCUT2D eigenvalue weighted by Crippen LogP contribution is 2.37. The molecule has 1 aliphatic heterocycles. The van der Waals surface area contributed by atoms with Gasteiger partial charge >= 0.3 is 0 Å². The van der Waals surface area contributed by atoms with Gasteiger partial charge in [0.1, 0.15) is 4.83 Å². The second kappa shape index (κ2) is 11.0. The zero-order valence-electron chi connectivity index (χ0n) is 21.6. The molecule has 0 spiro atoms. The number of aromatic nitrogens is 4. The van der Waals surface area contributed by atoms with Gasteiger partial charge in [-0.05, 0) is 35.6 Å². The lowest BCUT2D eigenvalue weighted by Crippen LogP contribution is -2.29. The van der Waals surface area contributed by atoms with E-state index in [4.69, 9.17) is 4.74 Å². The van der Waals surface area contributed by atoms with Gasteiger partial charge in [-0.3, -0.25) is 14.2 Å². The number of rotatable bonds is 8. The van der Waals surface area contributed by atoms with Gasteiger partial charge in [-0.2, -0.15) is 0 Å². The van der Waals surface area contributed by atoms with Gasteiger partial charge in [0.05, 0.1) is 23.8 Å². The van der Waals surface area contributed by atoms with Crippen LogP contribution in [0.2, 0.25) is 0 Å². The highest BCUT2D eigenvalue weighted by Gasteiger charge is 2.30. The van der Waals surface area contributed by atoms with Crippen LogP contribution in [0.3, 0.4) is 0 Å². The van der Waals surface area contributed by atoms with Gasteiger partial charge in [-0.15, -0.1) is 21.5 Å². The van der Waals surface area contributed by atoms with Crippen molar-refractivity contribution in [3.63, 3.8) is 0 Å². The molecule has 6 rings (SSSR count). The molecule has 1 aliphatic rings. The SMILES string of the molecule is CC(C)C1Cc2c(sc3c2c(=O)n(CCc2ccccc2)c2nnc(SCC(=O)c4ccc(Br)cc4)n32)CO1. The smallest absolute Gasteiger partial charge is 0.263 e. The summed E-state index contributed by atoms with van der Waals surface area (Å²) >= 11 is 6.34. The molecule has 7 nitrogen and oxygen atoms in total. The molecule has 0 saturated heterocycles. The predicted octanol–water partition coefficient (Wildman–Crippen LogP) is 6.18. The van der Waals surface area contributed by atoms with Crippen LogP contribution < -0.4 is 5.56 Å². The fourth-order valence-electron chi connectivity index (χ4n) is 4.95. The van der Waals surface area contributed by atoms with E-state index in [-0.39, 0.29) is 23.2 Å². The van der Waals surface area contributed by atoms with Crippen LogP contribution in [-0.2, 0) is 30.7 Å². The van der Waals surface area contributed by atoms with Crippen LogP contribution in [0.1, 0.15) is 40.2 Å². The Morgan fingerprint density at radius 2 is 1.92 bits per heavy atom. The lowest BCUT2D eigenvalue weighted by molar-refractivity contribution is 0.00200.